The lowest BCUT2D eigenvalue weighted by Gasteiger charge is -2.54. The minimum Gasteiger partial charge on any atom is -0.481 e. The van der Waals surface area contributed by atoms with Gasteiger partial charge < -0.3 is 30.0 Å². The zero-order valence-electron chi connectivity index (χ0n) is 49.7. The number of sulfonamides is 1. The number of aromatic nitrogens is 4. The Labute approximate surface area is 508 Å². The van der Waals surface area contributed by atoms with Crippen molar-refractivity contribution in [3.05, 3.63) is 116 Å². The number of carbonyl (C=O) groups is 5. The molecule has 1 saturated carbocycles. The second kappa shape index (κ2) is 26.6. The molecular formula is C63H80Cl2N10O9S. The quantitative estimate of drug-likeness (QED) is 0.0515. The van der Waals surface area contributed by atoms with Gasteiger partial charge in [0.05, 0.1) is 47.1 Å². The molecule has 9 rings (SSSR count). The molecule has 3 aliphatic heterocycles. The molecule has 0 unspecified atom stereocenters. The summed E-state index contributed by atoms with van der Waals surface area (Å²) in [4.78, 5) is 102. The Hall–Kier alpha value is -6.48. The Balaban J connectivity index is 0.712. The molecule has 3 amide bonds. The molecule has 6 heterocycles. The second-order valence-corrected chi connectivity index (χ2v) is 27.8. The van der Waals surface area contributed by atoms with Crippen LogP contribution in [0, 0.1) is 17.8 Å². The zero-order valence-corrected chi connectivity index (χ0v) is 52.0. The molecule has 5 aromatic rings. The van der Waals surface area contributed by atoms with Crippen LogP contribution in [-0.4, -0.2) is 146 Å². The van der Waals surface area contributed by atoms with Crippen molar-refractivity contribution in [2.24, 2.45) is 10.8 Å². The molecule has 3 aromatic heterocycles. The highest BCUT2D eigenvalue weighted by atomic mass is 35.5. The largest absolute Gasteiger partial charge is 0.481 e. The summed E-state index contributed by atoms with van der Waals surface area (Å²) < 4.78 is 32.4. The van der Waals surface area contributed by atoms with E-state index < -0.39 is 62.9 Å². The number of ketones is 1. The molecule has 19 nitrogen and oxygen atoms in total. The van der Waals surface area contributed by atoms with Gasteiger partial charge in [-0.1, -0.05) is 107 Å². The van der Waals surface area contributed by atoms with Crippen LogP contribution < -0.4 is 15.8 Å². The molecule has 2 aromatic carbocycles. The van der Waals surface area contributed by atoms with E-state index in [1.165, 1.54) is 11.2 Å². The van der Waals surface area contributed by atoms with Crippen molar-refractivity contribution in [1.82, 2.24) is 38.5 Å². The van der Waals surface area contributed by atoms with Crippen LogP contribution in [0.1, 0.15) is 163 Å². The summed E-state index contributed by atoms with van der Waals surface area (Å²) in [6.45, 7) is 13.8. The lowest BCUT2D eigenvalue weighted by Crippen LogP contribution is -2.61. The first-order chi connectivity index (χ1) is 40.4. The molecule has 0 radical (unpaired) electrons. The number of pyridine rings is 2. The van der Waals surface area contributed by atoms with E-state index in [-0.39, 0.29) is 67.4 Å². The molecule has 0 spiro atoms. The highest BCUT2D eigenvalue weighted by Crippen LogP contribution is 2.53. The number of nitrogens with one attached hydrogen (secondary N) is 1. The SMILES string of the molecule is CC(=O)c1c(C)c2cnc(Nc3ccc(N4CCN(C(=O)CCCCCCCC(=O)N5CCN(S(=O)(=O)C[C@@H](N6C(=O)[C@@](C)(CC(=O)O)C[C@H](c7cccc(Cl)c7)[C@H]6c6ccc(Cl)cc6)C(C)(C)C)CC5)CC4)cn3)nc2n(C2CCCC2)c1=O. The molecule has 2 N–H and O–H groups in total. The molecular weight excluding hydrogens is 1140 g/mol. The van der Waals surface area contributed by atoms with Crippen molar-refractivity contribution >= 4 is 91.2 Å². The van der Waals surface area contributed by atoms with E-state index in [0.29, 0.717) is 83.8 Å². The molecule has 4 atom stereocenters. The number of rotatable bonds is 21. The number of hydrogen-bond acceptors (Lipinski definition) is 13. The monoisotopic (exact) mass is 1220 g/mol. The molecule has 3 saturated heterocycles. The molecule has 0 bridgehead atoms. The van der Waals surface area contributed by atoms with Crippen LogP contribution in [-0.2, 0) is 29.2 Å². The summed E-state index contributed by atoms with van der Waals surface area (Å²) in [5.74, 6) is -1.74. The highest BCUT2D eigenvalue weighted by molar-refractivity contribution is 7.89. The number of benzene rings is 2. The Bertz CT molecular complexity index is 3450. The van der Waals surface area contributed by atoms with Gasteiger partial charge in [0.2, 0.25) is 33.7 Å². The summed E-state index contributed by atoms with van der Waals surface area (Å²) in [6.07, 6.45) is 11.8. The smallest absolute Gasteiger partial charge is 0.304 e. The number of fused-ring (bicyclic) bond motifs is 1. The van der Waals surface area contributed by atoms with Crippen LogP contribution in [0.5, 0.6) is 0 Å². The van der Waals surface area contributed by atoms with Crippen molar-refractivity contribution < 1.29 is 37.5 Å². The van der Waals surface area contributed by atoms with Gasteiger partial charge in [0.1, 0.15) is 11.5 Å². The number of carboxylic acid groups (broad SMARTS) is 1. The summed E-state index contributed by atoms with van der Waals surface area (Å²) in [5, 5.41) is 15.0. The predicted octanol–water partition coefficient (Wildman–Crippen LogP) is 10.4. The van der Waals surface area contributed by atoms with Crippen molar-refractivity contribution in [2.45, 2.75) is 149 Å². The maximum Gasteiger partial charge on any atom is 0.304 e. The third kappa shape index (κ3) is 14.5. The Morgan fingerprint density at radius 1 is 0.788 bits per heavy atom. The topological polar surface area (TPSA) is 229 Å². The first-order valence-corrected chi connectivity index (χ1v) is 32.3. The first kappa shape index (κ1) is 63.0. The van der Waals surface area contributed by atoms with E-state index >= 15 is 4.79 Å². The number of aryl methyl sites for hydroxylation is 1. The van der Waals surface area contributed by atoms with Gasteiger partial charge >= 0.3 is 5.97 Å². The minimum absolute atomic E-state index is 0.0241. The number of unbranched alkanes of at least 4 members (excludes halogenated alkanes) is 4. The summed E-state index contributed by atoms with van der Waals surface area (Å²) in [7, 11) is -4.03. The van der Waals surface area contributed by atoms with Crippen molar-refractivity contribution in [2.75, 3.05) is 68.3 Å². The third-order valence-electron chi connectivity index (χ3n) is 17.8. The van der Waals surface area contributed by atoms with Gasteiger partial charge in [-0.25, -0.2) is 18.4 Å². The van der Waals surface area contributed by atoms with E-state index in [2.05, 4.69) is 20.2 Å². The number of piperidine rings is 1. The van der Waals surface area contributed by atoms with Gasteiger partial charge in [-0.05, 0) is 104 Å². The first-order valence-electron chi connectivity index (χ1n) is 29.9. The van der Waals surface area contributed by atoms with Gasteiger partial charge in [0, 0.05) is 98.8 Å². The van der Waals surface area contributed by atoms with Crippen molar-refractivity contribution in [3.8, 4) is 0 Å². The number of nitrogens with zero attached hydrogens (tertiary/aromatic N) is 9. The normalized spacial score (nSPS) is 20.5. The average molecular weight is 1220 g/mol. The molecule has 85 heavy (non-hydrogen) atoms. The summed E-state index contributed by atoms with van der Waals surface area (Å²) >= 11 is 12.9. The summed E-state index contributed by atoms with van der Waals surface area (Å²) in [6, 6.07) is 16.7. The Morgan fingerprint density at radius 3 is 1.99 bits per heavy atom. The molecule has 456 valence electrons. The fraction of sp³-hybridized carbons (Fsp3) is 0.540. The van der Waals surface area contributed by atoms with Crippen LogP contribution in [0.4, 0.5) is 17.5 Å². The minimum atomic E-state index is -4.03. The second-order valence-electron chi connectivity index (χ2n) is 24.9. The van der Waals surface area contributed by atoms with Crippen molar-refractivity contribution in [3.63, 3.8) is 0 Å². The third-order valence-corrected chi connectivity index (χ3v) is 20.2. The van der Waals surface area contributed by atoms with Crippen LogP contribution in [0.3, 0.4) is 0 Å². The number of anilines is 3. The molecule has 22 heteroatoms. The van der Waals surface area contributed by atoms with Crippen LogP contribution in [0.2, 0.25) is 10.0 Å². The number of likely N-dealkylation sites (tertiary alicyclic amines) is 1. The number of piperazine rings is 2. The van der Waals surface area contributed by atoms with Crippen LogP contribution in [0.25, 0.3) is 11.0 Å². The molecule has 4 fully saturated rings. The maximum absolute atomic E-state index is 15.1. The Kier molecular flexibility index (Phi) is 19.8. The van der Waals surface area contributed by atoms with Gasteiger partial charge in [0.15, 0.2) is 5.78 Å². The zero-order chi connectivity index (χ0) is 61.0. The number of halogens is 2. The van der Waals surface area contributed by atoms with Gasteiger partial charge in [-0.3, -0.25) is 33.3 Å². The average Bonchev–Trinajstić information content (AvgIpc) is 1.35. The number of hydrogen-bond donors (Lipinski definition) is 2. The van der Waals surface area contributed by atoms with Crippen LogP contribution in [0.15, 0.2) is 77.9 Å². The van der Waals surface area contributed by atoms with Crippen LogP contribution >= 0.6 is 23.2 Å². The van der Waals surface area contributed by atoms with E-state index in [1.54, 1.807) is 58.8 Å². The number of Topliss-reactive ketones (excluding diaryl/α,β-unsaturated/α-hetero) is 1. The number of carbonyl (C=O) groups excluding carboxylic acids is 4. The summed E-state index contributed by atoms with van der Waals surface area (Å²) in [5.41, 5.74) is 1.29. The van der Waals surface area contributed by atoms with E-state index in [4.69, 9.17) is 28.2 Å². The lowest BCUT2D eigenvalue weighted by atomic mass is 9.66. The number of carboxylic acids is 1. The van der Waals surface area contributed by atoms with E-state index in [0.717, 1.165) is 68.2 Å². The number of aliphatic carboxylic acids is 1. The maximum atomic E-state index is 15.1. The van der Waals surface area contributed by atoms with Gasteiger partial charge in [-0.2, -0.15) is 9.29 Å². The molecule has 4 aliphatic rings. The molecule has 1 aliphatic carbocycles. The van der Waals surface area contributed by atoms with E-state index in [1.807, 2.05) is 68.1 Å². The Morgan fingerprint density at radius 2 is 1.41 bits per heavy atom. The van der Waals surface area contributed by atoms with Crippen molar-refractivity contribution in [1.29, 1.82) is 0 Å². The van der Waals surface area contributed by atoms with Gasteiger partial charge in [0.25, 0.3) is 5.56 Å². The fourth-order valence-corrected chi connectivity index (χ4v) is 15.5. The fourth-order valence-electron chi connectivity index (χ4n) is 13.2. The lowest BCUT2D eigenvalue weighted by molar-refractivity contribution is -0.162. The highest BCUT2D eigenvalue weighted by Gasteiger charge is 2.55. The predicted molar refractivity (Wildman–Crippen MR) is 330 cm³/mol. The van der Waals surface area contributed by atoms with E-state index in [9.17, 15) is 37.5 Å². The van der Waals surface area contributed by atoms with Gasteiger partial charge in [-0.15, -0.1) is 0 Å². The number of amides is 3. The standard InChI is InChI=1S/C63H80Cl2N10O9S/c1-41-50-39-67-61(69-58(50)74(47-17-12-13-18-47)59(81)56(41)42(2)76)68-52-26-25-48(38-66-52)70-27-29-71(30-28-70)53(77)19-10-8-7-9-11-20-54(78)72-31-33-73(34-32-72)85(83,84)40-51(62(3,4)5)75-57(43-21-23-45(64)24-22-43)49(44-15-14-16-46(65)35-44)36-63(6,60(75)82)37-55(79)80/h14-16,21-26,35,38-39,47,49,51,57H,7-13,17-20,27-34,36-37,40H2,1-6H3,(H,79,80)(H,66,67,68,69)/t49-,51-,57-,63-/m1/s1.